The first-order chi connectivity index (χ1) is 34.8. The number of likely N-dealkylation sites (N-methyl/N-ethyl adjacent to an activating group) is 1. The number of methoxy groups -OCH3 is 1. The summed E-state index contributed by atoms with van der Waals surface area (Å²) in [5.74, 6) is -0.272. The van der Waals surface area contributed by atoms with Gasteiger partial charge >= 0.3 is 0 Å². The SMILES string of the molecule is CCN1/C(=C/C=C/C=C/C2=[N+](CCCCS(=O)(=O)[O-])c3ccc4ccccc4c3C2(C)C)C(C)(C)c2cc(CC(=O)NCCCNC(=O)Cc3c(C)n(C(=O)c4ccc(Cl)cc4)c4ccc(OC)cc34)ccc21. The van der Waals surface area contributed by atoms with Crippen molar-refractivity contribution in [2.24, 2.45) is 0 Å². The molecular formula is C59H64ClN5O7S. The fourth-order valence-corrected chi connectivity index (χ4v) is 11.4. The van der Waals surface area contributed by atoms with Gasteiger partial charge in [0.25, 0.3) is 5.91 Å². The molecule has 6 aromatic rings. The van der Waals surface area contributed by atoms with Crippen LogP contribution in [-0.4, -0.2) is 84.6 Å². The van der Waals surface area contributed by atoms with Crippen LogP contribution in [0.1, 0.15) is 92.2 Å². The molecule has 0 spiro atoms. The van der Waals surface area contributed by atoms with Gasteiger partial charge in [0, 0.05) is 88.0 Å². The van der Waals surface area contributed by atoms with E-state index in [1.807, 2.05) is 37.3 Å². The molecule has 2 aliphatic rings. The number of ether oxygens (including phenoxy) is 1. The summed E-state index contributed by atoms with van der Waals surface area (Å²) in [7, 11) is -2.70. The van der Waals surface area contributed by atoms with E-state index in [9.17, 15) is 27.4 Å². The first-order valence-corrected chi connectivity index (χ1v) is 26.9. The quantitative estimate of drug-likeness (QED) is 0.0352. The molecule has 0 bridgehead atoms. The van der Waals surface area contributed by atoms with Gasteiger partial charge in [-0.3, -0.25) is 19.0 Å². The Bertz CT molecular complexity index is 3370. The summed E-state index contributed by atoms with van der Waals surface area (Å²) < 4.78 is 43.5. The second-order valence-corrected chi connectivity index (χ2v) is 21.8. The van der Waals surface area contributed by atoms with E-state index in [2.05, 4.69) is 121 Å². The Morgan fingerprint density at radius 2 is 1.53 bits per heavy atom. The van der Waals surface area contributed by atoms with Gasteiger partial charge in [0.15, 0.2) is 5.71 Å². The minimum absolute atomic E-state index is 0.0632. The van der Waals surface area contributed by atoms with E-state index in [0.29, 0.717) is 66.4 Å². The molecule has 0 fully saturated rings. The van der Waals surface area contributed by atoms with E-state index in [0.717, 1.165) is 56.8 Å². The van der Waals surface area contributed by atoms with E-state index >= 15 is 0 Å². The summed E-state index contributed by atoms with van der Waals surface area (Å²) in [5.41, 5.74) is 9.63. The number of hydrogen-bond donors (Lipinski definition) is 2. The number of unbranched alkanes of at least 4 members (excludes halogenated alkanes) is 1. The smallest absolute Gasteiger partial charge is 0.262 e. The second-order valence-electron chi connectivity index (χ2n) is 19.8. The highest BCUT2D eigenvalue weighted by molar-refractivity contribution is 7.85. The largest absolute Gasteiger partial charge is 0.748 e. The molecule has 0 unspecified atom stereocenters. The molecule has 73 heavy (non-hydrogen) atoms. The van der Waals surface area contributed by atoms with Crippen molar-refractivity contribution in [2.45, 2.75) is 84.5 Å². The predicted octanol–water partition coefficient (Wildman–Crippen LogP) is 10.4. The Morgan fingerprint density at radius 3 is 2.25 bits per heavy atom. The van der Waals surface area contributed by atoms with Crippen molar-refractivity contribution in [1.82, 2.24) is 15.2 Å². The van der Waals surface area contributed by atoms with Gasteiger partial charge in [0.05, 0.1) is 41.0 Å². The van der Waals surface area contributed by atoms with Crippen LogP contribution < -0.4 is 20.3 Å². The van der Waals surface area contributed by atoms with Gasteiger partial charge in [-0.1, -0.05) is 80.1 Å². The van der Waals surface area contributed by atoms with Gasteiger partial charge in [-0.05, 0) is 129 Å². The maximum Gasteiger partial charge on any atom is 0.262 e. The number of halogens is 1. The highest BCUT2D eigenvalue weighted by Gasteiger charge is 2.45. The number of nitrogens with one attached hydrogen (secondary N) is 2. The lowest BCUT2D eigenvalue weighted by Crippen LogP contribution is -2.31. The van der Waals surface area contributed by atoms with Crippen LogP contribution in [0.5, 0.6) is 5.75 Å². The molecule has 2 amide bonds. The lowest BCUT2D eigenvalue weighted by Gasteiger charge is -2.25. The lowest BCUT2D eigenvalue weighted by molar-refractivity contribution is -0.438. The number of benzene rings is 5. The first-order valence-electron chi connectivity index (χ1n) is 24.9. The molecule has 0 radical (unpaired) electrons. The van der Waals surface area contributed by atoms with Crippen LogP contribution in [0.2, 0.25) is 5.02 Å². The van der Waals surface area contributed by atoms with Crippen LogP contribution in [0.4, 0.5) is 11.4 Å². The number of carbonyl (C=O) groups excluding carboxylic acids is 3. The fourth-order valence-electron chi connectivity index (χ4n) is 10.7. The summed E-state index contributed by atoms with van der Waals surface area (Å²) in [6, 6.07) is 31.1. The van der Waals surface area contributed by atoms with Crippen molar-refractivity contribution < 1.29 is 36.7 Å². The minimum atomic E-state index is -4.28. The zero-order chi connectivity index (χ0) is 52.2. The van der Waals surface area contributed by atoms with E-state index < -0.39 is 10.1 Å². The molecule has 2 aliphatic heterocycles. The molecule has 8 rings (SSSR count). The molecule has 12 nitrogen and oxygen atoms in total. The summed E-state index contributed by atoms with van der Waals surface area (Å²) in [4.78, 5) is 42.6. The Labute approximate surface area is 433 Å². The predicted molar refractivity (Wildman–Crippen MR) is 292 cm³/mol. The van der Waals surface area contributed by atoms with Crippen LogP contribution in [0.3, 0.4) is 0 Å². The van der Waals surface area contributed by atoms with E-state index in [1.54, 1.807) is 42.0 Å². The van der Waals surface area contributed by atoms with Crippen molar-refractivity contribution >= 4 is 78.2 Å². The number of rotatable bonds is 19. The zero-order valence-electron chi connectivity index (χ0n) is 42.7. The molecular weight excluding hydrogens is 958 g/mol. The number of amides is 2. The number of aromatic nitrogens is 1. The average molecular weight is 1020 g/mol. The average Bonchev–Trinajstić information content (AvgIpc) is 3.85. The molecule has 1 aromatic heterocycles. The van der Waals surface area contributed by atoms with Crippen molar-refractivity contribution in [3.8, 4) is 5.75 Å². The second kappa shape index (κ2) is 21.7. The summed E-state index contributed by atoms with van der Waals surface area (Å²) in [5, 5.41) is 9.65. The van der Waals surface area contributed by atoms with E-state index in [-0.39, 0.29) is 47.1 Å². The third-order valence-corrected chi connectivity index (χ3v) is 15.4. The topological polar surface area (TPSA) is 153 Å². The summed E-state index contributed by atoms with van der Waals surface area (Å²) in [6.45, 7) is 15.0. The number of fused-ring (bicyclic) bond motifs is 5. The van der Waals surface area contributed by atoms with Crippen LogP contribution in [0, 0.1) is 6.92 Å². The van der Waals surface area contributed by atoms with Gasteiger partial charge in [0.1, 0.15) is 12.3 Å². The molecule has 0 saturated heterocycles. The number of carbonyl (C=O) groups is 3. The van der Waals surface area contributed by atoms with Crippen molar-refractivity contribution in [1.29, 1.82) is 0 Å². The van der Waals surface area contributed by atoms with Crippen molar-refractivity contribution in [3.05, 3.63) is 172 Å². The normalized spacial score (nSPS) is 15.5. The summed E-state index contributed by atoms with van der Waals surface area (Å²) in [6.07, 6.45) is 12.2. The maximum absolute atomic E-state index is 13.7. The Balaban J connectivity index is 0.877. The molecule has 5 aromatic carbocycles. The molecule has 3 heterocycles. The molecule has 0 aliphatic carbocycles. The first kappa shape index (κ1) is 52.5. The summed E-state index contributed by atoms with van der Waals surface area (Å²) >= 11 is 6.08. The molecule has 380 valence electrons. The monoisotopic (exact) mass is 1020 g/mol. The van der Waals surface area contributed by atoms with Gasteiger partial charge in [-0.15, -0.1) is 0 Å². The van der Waals surface area contributed by atoms with Gasteiger partial charge in [0.2, 0.25) is 17.5 Å². The molecule has 0 saturated carbocycles. The fraction of sp³-hybridized carbons (Fsp3) is 0.322. The van der Waals surface area contributed by atoms with Crippen LogP contribution in [0.25, 0.3) is 21.7 Å². The molecule has 2 N–H and O–H groups in total. The van der Waals surface area contributed by atoms with Crippen LogP contribution in [0.15, 0.2) is 133 Å². The minimum Gasteiger partial charge on any atom is -0.748 e. The van der Waals surface area contributed by atoms with Crippen molar-refractivity contribution in [3.63, 3.8) is 0 Å². The van der Waals surface area contributed by atoms with Gasteiger partial charge in [-0.2, -0.15) is 4.58 Å². The van der Waals surface area contributed by atoms with Gasteiger partial charge in [-0.25, -0.2) is 8.42 Å². The lowest BCUT2D eigenvalue weighted by atomic mass is 9.79. The van der Waals surface area contributed by atoms with Crippen molar-refractivity contribution in [2.75, 3.05) is 43.9 Å². The highest BCUT2D eigenvalue weighted by Crippen LogP contribution is 2.48. The number of nitrogens with zero attached hydrogens (tertiary/aromatic N) is 3. The Kier molecular flexibility index (Phi) is 15.6. The maximum atomic E-state index is 13.7. The van der Waals surface area contributed by atoms with Crippen LogP contribution in [-0.2, 0) is 43.4 Å². The number of anilines is 1. The number of allylic oxidation sites excluding steroid dienone is 6. The molecule has 14 heteroatoms. The number of hydrogen-bond acceptors (Lipinski definition) is 8. The zero-order valence-corrected chi connectivity index (χ0v) is 44.3. The Morgan fingerprint density at radius 1 is 0.808 bits per heavy atom. The Hall–Kier alpha value is -6.80. The van der Waals surface area contributed by atoms with E-state index in [4.69, 9.17) is 16.3 Å². The standard InChI is InChI=1S/C59H64ClN5O7S/c1-8-63-50-28-21-40(36-54(66)61-31-16-32-62-55(67)38-46-39(2)65(49-30-27-44(72-7)37-47(46)49)57(68)42-22-25-43(60)26-23-42)35-48(50)58(3,4)52(63)19-10-9-11-20-53-59(5,6)56-45-18-13-12-17-41(45)24-29-51(56)64(53)33-14-15-34-73(69,70)71/h9-13,17-30,35,37H,8,14-16,31-34,36,38H2,1-7H3,(H2-,61,62,66,67,69,70,71). The third-order valence-electron chi connectivity index (χ3n) is 14.3. The van der Waals surface area contributed by atoms with Gasteiger partial charge < -0.3 is 24.8 Å². The van der Waals surface area contributed by atoms with E-state index in [1.165, 1.54) is 10.9 Å². The highest BCUT2D eigenvalue weighted by atomic mass is 35.5. The van der Waals surface area contributed by atoms with Crippen LogP contribution >= 0.6 is 11.6 Å². The third kappa shape index (κ3) is 11.1. The molecule has 0 atom stereocenters.